The van der Waals surface area contributed by atoms with Gasteiger partial charge >= 0.3 is 17.9 Å². The number of carbonyl (C=O) groups excluding carboxylic acids is 3. The molecule has 1 amide bonds. The third-order valence-corrected chi connectivity index (χ3v) is 5.43. The number of esters is 2. The number of morpholine rings is 1. The Labute approximate surface area is 207 Å². The Hall–Kier alpha value is -3.00. The van der Waals surface area contributed by atoms with Gasteiger partial charge < -0.3 is 33.9 Å². The first-order valence-corrected chi connectivity index (χ1v) is 11.8. The number of nitrogens with zero attached hydrogens (tertiary/aromatic N) is 4. The number of ether oxygens (including phenoxy) is 4. The molecule has 1 fully saturated rings. The van der Waals surface area contributed by atoms with E-state index >= 15 is 0 Å². The molecule has 0 unspecified atom stereocenters. The summed E-state index contributed by atoms with van der Waals surface area (Å²) in [5.74, 6) is -2.22. The van der Waals surface area contributed by atoms with E-state index in [9.17, 15) is 19.2 Å². The maximum Gasteiger partial charge on any atom is 0.344 e. The van der Waals surface area contributed by atoms with Crippen molar-refractivity contribution in [2.45, 2.75) is 52.2 Å². The van der Waals surface area contributed by atoms with E-state index in [1.165, 1.54) is 11.8 Å². The van der Waals surface area contributed by atoms with Crippen LogP contribution in [0.1, 0.15) is 40.5 Å². The predicted molar refractivity (Wildman–Crippen MR) is 123 cm³/mol. The van der Waals surface area contributed by atoms with Gasteiger partial charge in [-0.1, -0.05) is 0 Å². The van der Waals surface area contributed by atoms with Crippen LogP contribution in [0.3, 0.4) is 0 Å². The van der Waals surface area contributed by atoms with E-state index in [2.05, 4.69) is 8.75 Å². The van der Waals surface area contributed by atoms with Gasteiger partial charge in [-0.2, -0.15) is 4.37 Å². The van der Waals surface area contributed by atoms with Crippen LogP contribution in [-0.2, 0) is 33.4 Å². The lowest BCUT2D eigenvalue weighted by Crippen LogP contribution is -2.50. The van der Waals surface area contributed by atoms with Gasteiger partial charge in [0.15, 0.2) is 12.7 Å². The summed E-state index contributed by atoms with van der Waals surface area (Å²) < 4.78 is 29.9. The van der Waals surface area contributed by atoms with E-state index in [0.29, 0.717) is 32.1 Å². The topological polar surface area (TPSA) is 158 Å². The molecule has 14 heteroatoms. The summed E-state index contributed by atoms with van der Waals surface area (Å²) in [5, 5.41) is 8.63. The zero-order valence-corrected chi connectivity index (χ0v) is 21.2. The average Bonchev–Trinajstić information content (AvgIpc) is 3.26. The molecule has 0 bridgehead atoms. The molecule has 2 rings (SSSR count). The van der Waals surface area contributed by atoms with Crippen LogP contribution < -0.4 is 9.64 Å². The zero-order chi connectivity index (χ0) is 26.0. The minimum atomic E-state index is -1.15. The minimum absolute atomic E-state index is 0.0297. The summed E-state index contributed by atoms with van der Waals surface area (Å²) in [6, 6.07) is 0. The Bertz CT molecular complexity index is 880. The first kappa shape index (κ1) is 28.2. The van der Waals surface area contributed by atoms with Gasteiger partial charge in [0.1, 0.15) is 6.61 Å². The number of carbonyl (C=O) groups is 4. The second-order valence-electron chi connectivity index (χ2n) is 8.77. The molecule has 196 valence electrons. The van der Waals surface area contributed by atoms with Crippen molar-refractivity contribution in [3.05, 3.63) is 0 Å². The highest BCUT2D eigenvalue weighted by Crippen LogP contribution is 2.26. The third kappa shape index (κ3) is 9.64. The van der Waals surface area contributed by atoms with E-state index in [0.717, 1.165) is 11.7 Å². The van der Waals surface area contributed by atoms with Crippen LogP contribution in [0, 0.1) is 0 Å². The van der Waals surface area contributed by atoms with Crippen molar-refractivity contribution in [3.63, 3.8) is 0 Å². The van der Waals surface area contributed by atoms with E-state index in [4.69, 9.17) is 24.1 Å². The number of carboxylic acid groups (broad SMARTS) is 1. The molecule has 1 aromatic rings. The molecule has 0 spiro atoms. The first-order valence-electron chi connectivity index (χ1n) is 11.1. The molecule has 0 aliphatic carbocycles. The largest absolute Gasteiger partial charge is 0.481 e. The zero-order valence-electron chi connectivity index (χ0n) is 20.4. The fraction of sp³-hybridized carbons (Fsp3) is 0.714. The lowest BCUT2D eigenvalue weighted by atomic mass is 10.1. The van der Waals surface area contributed by atoms with Crippen LogP contribution in [0.15, 0.2) is 0 Å². The number of hydrogen-bond acceptors (Lipinski definition) is 12. The van der Waals surface area contributed by atoms with Gasteiger partial charge in [-0.25, -0.2) is 4.79 Å². The Morgan fingerprint density at radius 1 is 1.14 bits per heavy atom. The molecule has 13 nitrogen and oxygen atoms in total. The van der Waals surface area contributed by atoms with Crippen LogP contribution >= 0.6 is 11.7 Å². The van der Waals surface area contributed by atoms with Crippen LogP contribution in [0.2, 0.25) is 0 Å². The molecule has 1 saturated heterocycles. The lowest BCUT2D eigenvalue weighted by molar-refractivity contribution is -0.165. The van der Waals surface area contributed by atoms with Crippen molar-refractivity contribution in [2.24, 2.45) is 0 Å². The monoisotopic (exact) mass is 516 g/mol. The highest BCUT2D eigenvalue weighted by atomic mass is 32.1. The van der Waals surface area contributed by atoms with Gasteiger partial charge in [0, 0.05) is 25.6 Å². The summed E-state index contributed by atoms with van der Waals surface area (Å²) in [6.07, 6.45) is -1.67. The molecule has 0 radical (unpaired) electrons. The van der Waals surface area contributed by atoms with Gasteiger partial charge in [0.2, 0.25) is 11.7 Å². The number of carboxylic acids is 1. The molecule has 1 aliphatic heterocycles. The molecule has 1 N–H and O–H groups in total. The summed E-state index contributed by atoms with van der Waals surface area (Å²) in [7, 11) is 0. The second kappa shape index (κ2) is 13.2. The maximum absolute atomic E-state index is 12.3. The predicted octanol–water partition coefficient (Wildman–Crippen LogP) is 0.720. The number of rotatable bonds is 12. The third-order valence-electron chi connectivity index (χ3n) is 4.93. The molecule has 1 aliphatic rings. The van der Waals surface area contributed by atoms with Crippen LogP contribution in [0.4, 0.5) is 5.82 Å². The van der Waals surface area contributed by atoms with Crippen LogP contribution in [-0.4, -0.2) is 100 Å². The average molecular weight is 517 g/mol. The van der Waals surface area contributed by atoms with E-state index in [1.54, 1.807) is 0 Å². The summed E-state index contributed by atoms with van der Waals surface area (Å²) in [4.78, 5) is 50.3. The smallest absolute Gasteiger partial charge is 0.344 e. The Kier molecular flexibility index (Phi) is 10.6. The van der Waals surface area contributed by atoms with Gasteiger partial charge in [0.05, 0.1) is 44.3 Å². The highest BCUT2D eigenvalue weighted by Gasteiger charge is 2.30. The second-order valence-corrected chi connectivity index (χ2v) is 9.30. The quantitative estimate of drug-likeness (QED) is 0.389. The van der Waals surface area contributed by atoms with Crippen molar-refractivity contribution >= 4 is 41.4 Å². The van der Waals surface area contributed by atoms with Gasteiger partial charge in [-0.3, -0.25) is 14.4 Å². The number of amides is 1. The standard InChI is InChI=1S/C21H32N4O9S/c1-14(26)25(21(2,3)4)11-15(34-18(30)13-32-17(29)6-5-16(27)28)12-33-20-19(22-35-23-20)24-7-9-31-10-8-24/h15H,5-13H2,1-4H3,(H,27,28)/t15-/m0/s1. The number of anilines is 1. The molecule has 0 saturated carbocycles. The number of aromatic nitrogens is 2. The first-order chi connectivity index (χ1) is 16.5. The van der Waals surface area contributed by atoms with Crippen molar-refractivity contribution in [1.29, 1.82) is 0 Å². The number of hydrogen-bond donors (Lipinski definition) is 1. The normalized spacial score (nSPS) is 14.7. The van der Waals surface area contributed by atoms with Crippen LogP contribution in [0.5, 0.6) is 5.88 Å². The van der Waals surface area contributed by atoms with E-state index < -0.39 is 42.6 Å². The van der Waals surface area contributed by atoms with Gasteiger partial charge in [-0.15, -0.1) is 4.37 Å². The highest BCUT2D eigenvalue weighted by molar-refractivity contribution is 6.99. The molecule has 2 heterocycles. The molecule has 35 heavy (non-hydrogen) atoms. The maximum atomic E-state index is 12.3. The molecule has 0 aromatic carbocycles. The summed E-state index contributed by atoms with van der Waals surface area (Å²) in [6.45, 7) is 8.55. The Morgan fingerprint density at radius 2 is 1.83 bits per heavy atom. The molecule has 1 atom stereocenters. The fourth-order valence-corrected chi connectivity index (χ4v) is 3.77. The Morgan fingerprint density at radius 3 is 2.43 bits per heavy atom. The number of aliphatic carboxylic acids is 1. The van der Waals surface area contributed by atoms with Crippen molar-refractivity contribution in [3.8, 4) is 5.88 Å². The molecule has 1 aromatic heterocycles. The fourth-order valence-electron chi connectivity index (χ4n) is 3.25. The van der Waals surface area contributed by atoms with Gasteiger partial charge in [0.25, 0.3) is 5.88 Å². The molecular formula is C21H32N4O9S. The summed E-state index contributed by atoms with van der Waals surface area (Å²) in [5.41, 5.74) is -0.555. The lowest BCUT2D eigenvalue weighted by Gasteiger charge is -2.37. The van der Waals surface area contributed by atoms with Gasteiger partial charge in [-0.05, 0) is 20.8 Å². The summed E-state index contributed by atoms with van der Waals surface area (Å²) >= 11 is 0.987. The van der Waals surface area contributed by atoms with Crippen molar-refractivity contribution < 1.29 is 43.2 Å². The van der Waals surface area contributed by atoms with E-state index in [-0.39, 0.29) is 31.4 Å². The SMILES string of the molecule is CC(=O)N(C[C@@H](COc1nsnc1N1CCOCC1)OC(=O)COC(=O)CCC(=O)O)C(C)(C)C. The minimum Gasteiger partial charge on any atom is -0.481 e. The molecular weight excluding hydrogens is 484 g/mol. The van der Waals surface area contributed by atoms with Crippen molar-refractivity contribution in [1.82, 2.24) is 13.6 Å². The van der Waals surface area contributed by atoms with Crippen molar-refractivity contribution in [2.75, 3.05) is 51.0 Å². The van der Waals surface area contributed by atoms with Crippen LogP contribution in [0.25, 0.3) is 0 Å². The van der Waals surface area contributed by atoms with E-state index in [1.807, 2.05) is 25.7 Å². The Balaban J connectivity index is 2.04.